The van der Waals surface area contributed by atoms with Gasteiger partial charge < -0.3 is 9.47 Å². The van der Waals surface area contributed by atoms with Gasteiger partial charge in [-0.15, -0.1) is 0 Å². The summed E-state index contributed by atoms with van der Waals surface area (Å²) in [6.07, 6.45) is 4.32. The van der Waals surface area contributed by atoms with E-state index in [9.17, 15) is 0 Å². The predicted octanol–water partition coefficient (Wildman–Crippen LogP) is 4.05. The zero-order chi connectivity index (χ0) is 12.4. The van der Waals surface area contributed by atoms with Crippen LogP contribution in [0.2, 0.25) is 0 Å². The molecule has 0 aromatic carbocycles. The largest absolute Gasteiger partial charge is 0.353 e. The van der Waals surface area contributed by atoms with Crippen LogP contribution in [-0.4, -0.2) is 19.5 Å². The highest BCUT2D eigenvalue weighted by Crippen LogP contribution is 2.06. The summed E-state index contributed by atoms with van der Waals surface area (Å²) >= 11 is 0. The van der Waals surface area contributed by atoms with Gasteiger partial charge in [0.1, 0.15) is 0 Å². The van der Waals surface area contributed by atoms with E-state index in [0.717, 1.165) is 37.9 Å². The topological polar surface area (TPSA) is 18.5 Å². The lowest BCUT2D eigenvalue weighted by molar-refractivity contribution is -0.115. The molecule has 1 radical (unpaired) electrons. The fourth-order valence-electron chi connectivity index (χ4n) is 1.46. The highest BCUT2D eigenvalue weighted by Gasteiger charge is 2.02. The Morgan fingerprint density at radius 3 is 1.50 bits per heavy atom. The third kappa shape index (κ3) is 12.0. The first-order valence-electron chi connectivity index (χ1n) is 6.58. The second-order valence-corrected chi connectivity index (χ2v) is 5.24. The number of rotatable bonds is 10. The number of hydrogen-bond donors (Lipinski definition) is 0. The molecular weight excluding hydrogens is 200 g/mol. The van der Waals surface area contributed by atoms with Crippen LogP contribution < -0.4 is 0 Å². The predicted molar refractivity (Wildman–Crippen MR) is 69.2 cm³/mol. The monoisotopic (exact) mass is 229 g/mol. The summed E-state index contributed by atoms with van der Waals surface area (Å²) in [5.74, 6) is 1.50. The summed E-state index contributed by atoms with van der Waals surface area (Å²) in [6.45, 7) is 14.3. The standard InChI is InChI=1S/C14H29O2/c1-12(2)8-6-10-15-14(5)16-11-7-9-13(3)4/h12-14H,5-11H2,1-4H3. The van der Waals surface area contributed by atoms with Crippen LogP contribution in [0.3, 0.4) is 0 Å². The molecule has 0 saturated heterocycles. The molecule has 0 bridgehead atoms. The molecule has 0 fully saturated rings. The minimum Gasteiger partial charge on any atom is -0.353 e. The first-order chi connectivity index (χ1) is 7.52. The van der Waals surface area contributed by atoms with E-state index in [0.29, 0.717) is 0 Å². The van der Waals surface area contributed by atoms with Crippen molar-refractivity contribution in [1.82, 2.24) is 0 Å². The maximum Gasteiger partial charge on any atom is 0.157 e. The zero-order valence-corrected chi connectivity index (χ0v) is 11.5. The van der Waals surface area contributed by atoms with Crippen molar-refractivity contribution in [3.8, 4) is 0 Å². The summed E-state index contributed by atoms with van der Waals surface area (Å²) < 4.78 is 10.9. The van der Waals surface area contributed by atoms with Gasteiger partial charge in [0.2, 0.25) is 0 Å². The molecule has 0 amide bonds. The van der Waals surface area contributed by atoms with Gasteiger partial charge >= 0.3 is 0 Å². The zero-order valence-electron chi connectivity index (χ0n) is 11.5. The Balaban J connectivity index is 3.21. The van der Waals surface area contributed by atoms with E-state index in [-0.39, 0.29) is 6.29 Å². The van der Waals surface area contributed by atoms with Crippen LogP contribution in [0.5, 0.6) is 0 Å². The first kappa shape index (κ1) is 15.9. The molecule has 2 nitrogen and oxygen atoms in total. The fourth-order valence-corrected chi connectivity index (χ4v) is 1.46. The van der Waals surface area contributed by atoms with E-state index in [4.69, 9.17) is 9.47 Å². The molecule has 2 heteroatoms. The average molecular weight is 229 g/mol. The van der Waals surface area contributed by atoms with Crippen molar-refractivity contribution in [2.24, 2.45) is 11.8 Å². The summed E-state index contributed by atoms with van der Waals surface area (Å²) in [6, 6.07) is 0. The lowest BCUT2D eigenvalue weighted by Gasteiger charge is -2.14. The molecule has 97 valence electrons. The van der Waals surface area contributed by atoms with Crippen molar-refractivity contribution >= 4 is 0 Å². The van der Waals surface area contributed by atoms with Gasteiger partial charge in [0.25, 0.3) is 0 Å². The second-order valence-electron chi connectivity index (χ2n) is 5.24. The van der Waals surface area contributed by atoms with E-state index in [1.807, 2.05) is 0 Å². The Kier molecular flexibility index (Phi) is 10.0. The summed E-state index contributed by atoms with van der Waals surface area (Å²) in [5.41, 5.74) is 0. The minimum absolute atomic E-state index is 0.292. The van der Waals surface area contributed by atoms with Crippen LogP contribution in [0.15, 0.2) is 0 Å². The van der Waals surface area contributed by atoms with Gasteiger partial charge in [-0.2, -0.15) is 0 Å². The van der Waals surface area contributed by atoms with Crippen molar-refractivity contribution in [3.05, 3.63) is 6.92 Å². The molecule has 0 aliphatic heterocycles. The van der Waals surface area contributed by atoms with Crippen molar-refractivity contribution in [2.45, 2.75) is 59.7 Å². The first-order valence-corrected chi connectivity index (χ1v) is 6.58. The van der Waals surface area contributed by atoms with Crippen LogP contribution >= 0.6 is 0 Å². The summed E-state index contributed by atoms with van der Waals surface area (Å²) in [5, 5.41) is 0. The molecule has 0 aromatic heterocycles. The molecular formula is C14H29O2. The molecule has 0 aliphatic carbocycles. The van der Waals surface area contributed by atoms with E-state index in [1.54, 1.807) is 0 Å². The molecule has 0 atom stereocenters. The normalized spacial score (nSPS) is 12.0. The van der Waals surface area contributed by atoms with Gasteiger partial charge in [0.15, 0.2) is 6.29 Å². The van der Waals surface area contributed by atoms with Crippen molar-refractivity contribution < 1.29 is 9.47 Å². The third-order valence-corrected chi connectivity index (χ3v) is 2.46. The second kappa shape index (κ2) is 10.1. The van der Waals surface area contributed by atoms with Crippen LogP contribution in [-0.2, 0) is 9.47 Å². The molecule has 0 spiro atoms. The minimum atomic E-state index is -0.292. The third-order valence-electron chi connectivity index (χ3n) is 2.46. The maximum atomic E-state index is 5.47. The highest BCUT2D eigenvalue weighted by atomic mass is 16.7. The Labute approximate surface area is 102 Å². The van der Waals surface area contributed by atoms with E-state index in [2.05, 4.69) is 34.6 Å². The van der Waals surface area contributed by atoms with Crippen molar-refractivity contribution in [2.75, 3.05) is 13.2 Å². The highest BCUT2D eigenvalue weighted by molar-refractivity contribution is 4.50. The summed E-state index contributed by atoms with van der Waals surface area (Å²) in [7, 11) is 0. The van der Waals surface area contributed by atoms with Gasteiger partial charge in [-0.25, -0.2) is 0 Å². The Morgan fingerprint density at radius 2 is 1.19 bits per heavy atom. The molecule has 0 heterocycles. The van der Waals surface area contributed by atoms with Gasteiger partial charge in [-0.3, -0.25) is 0 Å². The molecule has 16 heavy (non-hydrogen) atoms. The van der Waals surface area contributed by atoms with Crippen molar-refractivity contribution in [3.63, 3.8) is 0 Å². The van der Waals surface area contributed by atoms with Crippen LogP contribution in [0.1, 0.15) is 53.4 Å². The SMILES string of the molecule is [CH2]C(OCCCC(C)C)OCCCC(C)C. The van der Waals surface area contributed by atoms with E-state index >= 15 is 0 Å². The van der Waals surface area contributed by atoms with Crippen LogP contribution in [0.4, 0.5) is 0 Å². The fraction of sp³-hybridized carbons (Fsp3) is 0.929. The maximum absolute atomic E-state index is 5.47. The Bertz CT molecular complexity index is 128. The Morgan fingerprint density at radius 1 is 0.812 bits per heavy atom. The lowest BCUT2D eigenvalue weighted by Crippen LogP contribution is -2.15. The van der Waals surface area contributed by atoms with Gasteiger partial charge in [0.05, 0.1) is 0 Å². The molecule has 0 unspecified atom stereocenters. The van der Waals surface area contributed by atoms with E-state index in [1.165, 1.54) is 12.8 Å². The van der Waals surface area contributed by atoms with Gasteiger partial charge in [-0.05, 0) is 37.5 Å². The van der Waals surface area contributed by atoms with Crippen molar-refractivity contribution in [1.29, 1.82) is 0 Å². The Hall–Kier alpha value is -0.0800. The van der Waals surface area contributed by atoms with Crippen LogP contribution in [0, 0.1) is 18.8 Å². The van der Waals surface area contributed by atoms with Gasteiger partial charge in [0, 0.05) is 20.1 Å². The molecule has 0 aromatic rings. The number of hydrogen-bond acceptors (Lipinski definition) is 2. The molecule has 0 saturated carbocycles. The average Bonchev–Trinajstić information content (AvgIpc) is 2.19. The lowest BCUT2D eigenvalue weighted by atomic mass is 10.1. The molecule has 0 rings (SSSR count). The van der Waals surface area contributed by atoms with Crippen LogP contribution in [0.25, 0.3) is 0 Å². The molecule has 0 aliphatic rings. The molecule has 0 N–H and O–H groups in total. The smallest absolute Gasteiger partial charge is 0.157 e. The van der Waals surface area contributed by atoms with Gasteiger partial charge in [-0.1, -0.05) is 27.7 Å². The van der Waals surface area contributed by atoms with E-state index < -0.39 is 0 Å². The summed E-state index contributed by atoms with van der Waals surface area (Å²) in [4.78, 5) is 0. The number of ether oxygens (including phenoxy) is 2. The quantitative estimate of drug-likeness (QED) is 0.415.